The fourth-order valence-electron chi connectivity index (χ4n) is 3.05. The predicted molar refractivity (Wildman–Crippen MR) is 109 cm³/mol. The molecule has 2 aromatic carbocycles. The second-order valence-electron chi connectivity index (χ2n) is 7.35. The molecule has 0 bridgehead atoms. The van der Waals surface area contributed by atoms with E-state index in [-0.39, 0.29) is 12.1 Å². The molecule has 0 saturated carbocycles. The van der Waals surface area contributed by atoms with Crippen LogP contribution in [-0.2, 0) is 22.7 Å². The summed E-state index contributed by atoms with van der Waals surface area (Å²) in [6.07, 6.45) is 1.43. The Morgan fingerprint density at radius 2 is 1.83 bits per heavy atom. The van der Waals surface area contributed by atoms with Gasteiger partial charge < -0.3 is 14.2 Å². The van der Waals surface area contributed by atoms with Gasteiger partial charge in [0.2, 0.25) is 0 Å². The highest BCUT2D eigenvalue weighted by Crippen LogP contribution is 2.31. The second-order valence-corrected chi connectivity index (χ2v) is 7.35. The first-order valence-corrected chi connectivity index (χ1v) is 9.18. The van der Waals surface area contributed by atoms with Crippen molar-refractivity contribution in [3.8, 4) is 11.5 Å². The SMILES string of the molecule is COC(=O)C(C)(C)Cn1cnc2cc(OCc3ccccc3)c(OC)cc2c1=O. The number of benzene rings is 2. The van der Waals surface area contributed by atoms with Crippen molar-refractivity contribution in [2.24, 2.45) is 5.41 Å². The number of hydrogen-bond donors (Lipinski definition) is 0. The van der Waals surface area contributed by atoms with Crippen LogP contribution in [0.15, 0.2) is 53.6 Å². The number of carbonyl (C=O) groups excluding carboxylic acids is 1. The summed E-state index contributed by atoms with van der Waals surface area (Å²) in [7, 11) is 2.85. The fraction of sp³-hybridized carbons (Fsp3) is 0.318. The lowest BCUT2D eigenvalue weighted by Gasteiger charge is -2.22. The Hall–Kier alpha value is -3.35. The molecule has 0 unspecified atom stereocenters. The Morgan fingerprint density at radius 3 is 2.48 bits per heavy atom. The van der Waals surface area contributed by atoms with Gasteiger partial charge in [0.25, 0.3) is 5.56 Å². The molecule has 1 aromatic heterocycles. The van der Waals surface area contributed by atoms with Crippen LogP contribution in [0, 0.1) is 5.41 Å². The summed E-state index contributed by atoms with van der Waals surface area (Å²) in [5.74, 6) is 0.549. The van der Waals surface area contributed by atoms with Gasteiger partial charge in [0, 0.05) is 12.6 Å². The van der Waals surface area contributed by atoms with E-state index in [0.717, 1.165) is 5.56 Å². The summed E-state index contributed by atoms with van der Waals surface area (Å²) in [5.41, 5.74) is 0.380. The summed E-state index contributed by atoms with van der Waals surface area (Å²) < 4.78 is 17.5. The van der Waals surface area contributed by atoms with Crippen molar-refractivity contribution in [3.63, 3.8) is 0 Å². The number of esters is 1. The van der Waals surface area contributed by atoms with Crippen molar-refractivity contribution in [1.29, 1.82) is 0 Å². The molecule has 0 aliphatic heterocycles. The van der Waals surface area contributed by atoms with E-state index in [4.69, 9.17) is 14.2 Å². The Labute approximate surface area is 168 Å². The van der Waals surface area contributed by atoms with Crippen molar-refractivity contribution < 1.29 is 19.0 Å². The normalized spacial score (nSPS) is 11.3. The molecule has 7 heteroatoms. The average Bonchev–Trinajstić information content (AvgIpc) is 2.73. The van der Waals surface area contributed by atoms with Crippen LogP contribution in [0.4, 0.5) is 0 Å². The Morgan fingerprint density at radius 1 is 1.10 bits per heavy atom. The number of hydrogen-bond acceptors (Lipinski definition) is 6. The molecule has 1 heterocycles. The van der Waals surface area contributed by atoms with E-state index >= 15 is 0 Å². The highest BCUT2D eigenvalue weighted by Gasteiger charge is 2.30. The predicted octanol–water partition coefficient (Wildman–Crippen LogP) is 3.18. The highest BCUT2D eigenvalue weighted by molar-refractivity contribution is 5.81. The van der Waals surface area contributed by atoms with E-state index in [1.165, 1.54) is 25.1 Å². The average molecular weight is 396 g/mol. The topological polar surface area (TPSA) is 79.7 Å². The maximum absolute atomic E-state index is 13.0. The quantitative estimate of drug-likeness (QED) is 0.571. The Kier molecular flexibility index (Phi) is 5.87. The van der Waals surface area contributed by atoms with E-state index < -0.39 is 11.4 Å². The van der Waals surface area contributed by atoms with Gasteiger partial charge in [-0.2, -0.15) is 0 Å². The highest BCUT2D eigenvalue weighted by atomic mass is 16.5. The first-order valence-electron chi connectivity index (χ1n) is 9.18. The molecule has 7 nitrogen and oxygen atoms in total. The van der Waals surface area contributed by atoms with Gasteiger partial charge in [-0.25, -0.2) is 4.98 Å². The molecule has 0 N–H and O–H groups in total. The monoisotopic (exact) mass is 396 g/mol. The van der Waals surface area contributed by atoms with Gasteiger partial charge >= 0.3 is 5.97 Å². The lowest BCUT2D eigenvalue weighted by atomic mass is 9.93. The molecular weight excluding hydrogens is 372 g/mol. The minimum absolute atomic E-state index is 0.149. The summed E-state index contributed by atoms with van der Waals surface area (Å²) >= 11 is 0. The first kappa shape index (κ1) is 20.4. The molecular formula is C22H24N2O5. The third kappa shape index (κ3) is 4.39. The summed E-state index contributed by atoms with van der Waals surface area (Å²) in [5, 5.41) is 0.386. The van der Waals surface area contributed by atoms with Gasteiger partial charge in [-0.3, -0.25) is 14.2 Å². The molecule has 29 heavy (non-hydrogen) atoms. The number of methoxy groups -OCH3 is 2. The van der Waals surface area contributed by atoms with E-state index in [2.05, 4.69) is 4.98 Å². The third-order valence-corrected chi connectivity index (χ3v) is 4.65. The Bertz CT molecular complexity index is 1070. The van der Waals surface area contributed by atoms with Crippen LogP contribution in [0.2, 0.25) is 0 Å². The van der Waals surface area contributed by atoms with E-state index in [0.29, 0.717) is 29.0 Å². The van der Waals surface area contributed by atoms with Crippen LogP contribution in [0.25, 0.3) is 10.9 Å². The minimum atomic E-state index is -0.864. The number of aromatic nitrogens is 2. The van der Waals surface area contributed by atoms with Crippen molar-refractivity contribution in [3.05, 3.63) is 64.7 Å². The number of rotatable bonds is 7. The standard InChI is InChI=1S/C22H24N2O5/c1-22(2,21(26)28-4)13-24-14-23-17-11-19(18(27-3)10-16(17)20(24)25)29-12-15-8-6-5-7-9-15/h5-11,14H,12-13H2,1-4H3. The van der Waals surface area contributed by atoms with Gasteiger partial charge in [0.05, 0.1) is 36.9 Å². The van der Waals surface area contributed by atoms with Gasteiger partial charge in [0.15, 0.2) is 11.5 Å². The molecule has 0 amide bonds. The van der Waals surface area contributed by atoms with Crippen molar-refractivity contribution in [1.82, 2.24) is 9.55 Å². The molecule has 0 radical (unpaired) electrons. The van der Waals surface area contributed by atoms with Crippen LogP contribution < -0.4 is 15.0 Å². The van der Waals surface area contributed by atoms with Gasteiger partial charge in [-0.15, -0.1) is 0 Å². The number of ether oxygens (including phenoxy) is 3. The zero-order valence-corrected chi connectivity index (χ0v) is 17.0. The zero-order chi connectivity index (χ0) is 21.0. The van der Waals surface area contributed by atoms with Crippen molar-refractivity contribution >= 4 is 16.9 Å². The van der Waals surface area contributed by atoms with E-state index in [9.17, 15) is 9.59 Å². The zero-order valence-electron chi connectivity index (χ0n) is 17.0. The molecule has 152 valence electrons. The van der Waals surface area contributed by atoms with Crippen molar-refractivity contribution in [2.45, 2.75) is 27.0 Å². The maximum atomic E-state index is 13.0. The summed E-state index contributed by atoms with van der Waals surface area (Å²) in [4.78, 5) is 29.3. The first-order chi connectivity index (χ1) is 13.9. The van der Waals surface area contributed by atoms with E-state index in [1.54, 1.807) is 26.0 Å². The van der Waals surface area contributed by atoms with Gasteiger partial charge in [0.1, 0.15) is 6.61 Å². The van der Waals surface area contributed by atoms with Gasteiger partial charge in [-0.05, 0) is 25.5 Å². The van der Waals surface area contributed by atoms with Crippen LogP contribution in [0.3, 0.4) is 0 Å². The van der Waals surface area contributed by atoms with Crippen LogP contribution in [0.1, 0.15) is 19.4 Å². The maximum Gasteiger partial charge on any atom is 0.313 e. The summed E-state index contributed by atoms with van der Waals surface area (Å²) in [6.45, 7) is 3.95. The van der Waals surface area contributed by atoms with E-state index in [1.807, 2.05) is 30.3 Å². The molecule has 0 saturated heterocycles. The lowest BCUT2D eigenvalue weighted by Crippen LogP contribution is -2.35. The van der Waals surface area contributed by atoms with Crippen molar-refractivity contribution in [2.75, 3.05) is 14.2 Å². The van der Waals surface area contributed by atoms with Gasteiger partial charge in [-0.1, -0.05) is 30.3 Å². The lowest BCUT2D eigenvalue weighted by molar-refractivity contribution is -0.151. The minimum Gasteiger partial charge on any atom is -0.493 e. The molecule has 0 spiro atoms. The molecule has 0 aliphatic rings. The molecule has 3 rings (SSSR count). The molecule has 0 aliphatic carbocycles. The van der Waals surface area contributed by atoms with Crippen LogP contribution in [-0.4, -0.2) is 29.7 Å². The number of fused-ring (bicyclic) bond motifs is 1. The molecule has 0 fully saturated rings. The molecule has 0 atom stereocenters. The molecule has 3 aromatic rings. The Balaban J connectivity index is 1.94. The van der Waals surface area contributed by atoms with Crippen LogP contribution >= 0.6 is 0 Å². The fourth-order valence-corrected chi connectivity index (χ4v) is 3.05. The van der Waals surface area contributed by atoms with Crippen LogP contribution in [0.5, 0.6) is 11.5 Å². The summed E-state index contributed by atoms with van der Waals surface area (Å²) in [6, 6.07) is 13.1. The third-order valence-electron chi connectivity index (χ3n) is 4.65. The second kappa shape index (κ2) is 8.34. The largest absolute Gasteiger partial charge is 0.493 e. The number of carbonyl (C=O) groups is 1. The smallest absolute Gasteiger partial charge is 0.313 e. The number of nitrogens with zero attached hydrogens (tertiary/aromatic N) is 2.